The van der Waals surface area contributed by atoms with Gasteiger partial charge in [0.2, 0.25) is 5.91 Å². The molecule has 1 aromatic heterocycles. The third-order valence-electron chi connectivity index (χ3n) is 5.45. The molecule has 0 aliphatic heterocycles. The molecule has 0 bridgehead atoms. The Hall–Kier alpha value is -3.55. The monoisotopic (exact) mass is 424 g/mol. The third-order valence-corrected chi connectivity index (χ3v) is 5.45. The van der Waals surface area contributed by atoms with Gasteiger partial charge in [-0.2, -0.15) is 5.10 Å². The van der Waals surface area contributed by atoms with Crippen LogP contribution in [-0.4, -0.2) is 28.1 Å². The minimum atomic E-state index is -1.08. The zero-order valence-corrected chi connectivity index (χ0v) is 16.7. The Labute approximate surface area is 178 Å². The van der Waals surface area contributed by atoms with Gasteiger partial charge in [-0.1, -0.05) is 25.0 Å². The molecule has 3 aromatic rings. The van der Waals surface area contributed by atoms with Crippen molar-refractivity contribution in [3.63, 3.8) is 0 Å². The number of H-pyrrole nitrogens is 1. The zero-order valence-electron chi connectivity index (χ0n) is 16.7. The van der Waals surface area contributed by atoms with Crippen LogP contribution in [-0.2, 0) is 4.79 Å². The van der Waals surface area contributed by atoms with Crippen molar-refractivity contribution in [2.75, 3.05) is 4.90 Å². The molecule has 2 N–H and O–H groups in total. The Morgan fingerprint density at radius 3 is 2.16 bits per heavy atom. The number of rotatable bonds is 6. The summed E-state index contributed by atoms with van der Waals surface area (Å²) in [5.74, 6) is -1.81. The summed E-state index contributed by atoms with van der Waals surface area (Å²) in [4.78, 5) is 28.1. The number of benzene rings is 2. The molecule has 0 radical (unpaired) electrons. The predicted molar refractivity (Wildman–Crippen MR) is 111 cm³/mol. The largest absolute Gasteiger partial charge is 0.351 e. The van der Waals surface area contributed by atoms with Crippen molar-refractivity contribution in [1.82, 2.24) is 15.5 Å². The molecule has 1 atom stereocenters. The topological polar surface area (TPSA) is 78.1 Å². The van der Waals surface area contributed by atoms with Gasteiger partial charge >= 0.3 is 0 Å². The first-order valence-corrected chi connectivity index (χ1v) is 10.2. The summed E-state index contributed by atoms with van der Waals surface area (Å²) >= 11 is 0. The Morgan fingerprint density at radius 2 is 1.58 bits per heavy atom. The first kappa shape index (κ1) is 20.7. The van der Waals surface area contributed by atoms with E-state index in [0.717, 1.165) is 25.7 Å². The van der Waals surface area contributed by atoms with Gasteiger partial charge in [0, 0.05) is 17.9 Å². The third kappa shape index (κ3) is 4.63. The summed E-state index contributed by atoms with van der Waals surface area (Å²) in [5.41, 5.74) is 0.941. The minimum absolute atomic E-state index is 0.0211. The number of nitrogens with zero attached hydrogens (tertiary/aromatic N) is 2. The summed E-state index contributed by atoms with van der Waals surface area (Å²) in [6.45, 7) is 0. The number of anilines is 1. The van der Waals surface area contributed by atoms with Crippen LogP contribution in [0.3, 0.4) is 0 Å². The van der Waals surface area contributed by atoms with E-state index in [2.05, 4.69) is 15.5 Å². The van der Waals surface area contributed by atoms with Crippen LogP contribution in [0.25, 0.3) is 0 Å². The molecule has 160 valence electrons. The van der Waals surface area contributed by atoms with Crippen LogP contribution in [0.1, 0.15) is 47.8 Å². The second kappa shape index (κ2) is 9.07. The van der Waals surface area contributed by atoms with Gasteiger partial charge in [0.15, 0.2) is 0 Å². The lowest BCUT2D eigenvalue weighted by Gasteiger charge is -2.32. The van der Waals surface area contributed by atoms with Crippen LogP contribution in [0.4, 0.5) is 14.5 Å². The first-order chi connectivity index (χ1) is 15.0. The summed E-state index contributed by atoms with van der Waals surface area (Å²) in [6.07, 6.45) is 5.23. The van der Waals surface area contributed by atoms with Crippen molar-refractivity contribution >= 4 is 17.5 Å². The van der Waals surface area contributed by atoms with Crippen LogP contribution in [0.5, 0.6) is 0 Å². The van der Waals surface area contributed by atoms with E-state index in [-0.39, 0.29) is 17.6 Å². The van der Waals surface area contributed by atoms with Crippen molar-refractivity contribution in [2.24, 2.45) is 0 Å². The first-order valence-electron chi connectivity index (χ1n) is 10.2. The standard InChI is InChI=1S/C23H22F2N4O2/c24-16-7-5-15(6-8-16)21(22(30)27-18-3-1-2-4-18)29(19-11-9-17(25)10-12-19)23(31)20-13-14-26-28-20/h5-14,18,21H,1-4H2,(H,26,28)(H,27,30)/t21-/m0/s1. The van der Waals surface area contributed by atoms with Gasteiger partial charge in [-0.05, 0) is 60.9 Å². The maximum absolute atomic E-state index is 13.6. The second-order valence-electron chi connectivity index (χ2n) is 7.57. The molecular weight excluding hydrogens is 402 g/mol. The fourth-order valence-electron chi connectivity index (χ4n) is 3.90. The molecule has 0 unspecified atom stereocenters. The highest BCUT2D eigenvalue weighted by atomic mass is 19.1. The number of halogens is 2. The Morgan fingerprint density at radius 1 is 0.968 bits per heavy atom. The van der Waals surface area contributed by atoms with E-state index in [9.17, 15) is 18.4 Å². The van der Waals surface area contributed by atoms with E-state index in [4.69, 9.17) is 0 Å². The molecule has 1 saturated carbocycles. The zero-order chi connectivity index (χ0) is 21.8. The lowest BCUT2D eigenvalue weighted by Crippen LogP contribution is -2.46. The lowest BCUT2D eigenvalue weighted by molar-refractivity contribution is -0.123. The van der Waals surface area contributed by atoms with E-state index < -0.39 is 23.6 Å². The van der Waals surface area contributed by atoms with Gasteiger partial charge in [0.05, 0.1) is 0 Å². The van der Waals surface area contributed by atoms with E-state index in [1.54, 1.807) is 0 Å². The number of aromatic amines is 1. The van der Waals surface area contributed by atoms with Gasteiger partial charge in [0.25, 0.3) is 5.91 Å². The van der Waals surface area contributed by atoms with Crippen molar-refractivity contribution in [2.45, 2.75) is 37.8 Å². The maximum atomic E-state index is 13.6. The highest BCUT2D eigenvalue weighted by Crippen LogP contribution is 2.31. The molecule has 1 aliphatic rings. The predicted octanol–water partition coefficient (Wildman–Crippen LogP) is 4.13. The highest BCUT2D eigenvalue weighted by Gasteiger charge is 2.35. The molecule has 1 heterocycles. The molecule has 1 fully saturated rings. The normalized spacial score (nSPS) is 14.9. The van der Waals surface area contributed by atoms with E-state index >= 15 is 0 Å². The van der Waals surface area contributed by atoms with E-state index in [1.807, 2.05) is 0 Å². The number of carbonyl (C=O) groups is 2. The minimum Gasteiger partial charge on any atom is -0.351 e. The van der Waals surface area contributed by atoms with E-state index in [0.29, 0.717) is 11.3 Å². The second-order valence-corrected chi connectivity index (χ2v) is 7.57. The fourth-order valence-corrected chi connectivity index (χ4v) is 3.90. The molecule has 0 saturated heterocycles. The Bertz CT molecular complexity index is 1030. The molecule has 2 aromatic carbocycles. The van der Waals surface area contributed by atoms with Crippen LogP contribution < -0.4 is 10.2 Å². The average molecular weight is 424 g/mol. The number of hydrogen-bond acceptors (Lipinski definition) is 3. The summed E-state index contributed by atoms with van der Waals surface area (Å²) < 4.78 is 27.2. The molecule has 6 nitrogen and oxygen atoms in total. The summed E-state index contributed by atoms with van der Waals surface area (Å²) in [7, 11) is 0. The van der Waals surface area contributed by atoms with Gasteiger partial charge < -0.3 is 5.32 Å². The van der Waals surface area contributed by atoms with Gasteiger partial charge in [-0.3, -0.25) is 19.6 Å². The van der Waals surface area contributed by atoms with Gasteiger partial charge in [0.1, 0.15) is 23.4 Å². The summed E-state index contributed by atoms with van der Waals surface area (Å²) in [5, 5.41) is 9.47. The molecule has 2 amide bonds. The van der Waals surface area contributed by atoms with Crippen molar-refractivity contribution in [3.8, 4) is 0 Å². The number of aromatic nitrogens is 2. The quantitative estimate of drug-likeness (QED) is 0.625. The SMILES string of the molecule is O=C(NC1CCCC1)[C@H](c1ccc(F)cc1)N(C(=O)c1ccn[nH]1)c1ccc(F)cc1. The molecule has 31 heavy (non-hydrogen) atoms. The van der Waals surface area contributed by atoms with Gasteiger partial charge in [-0.25, -0.2) is 8.78 Å². The summed E-state index contributed by atoms with van der Waals surface area (Å²) in [6, 6.07) is 11.2. The smallest absolute Gasteiger partial charge is 0.277 e. The van der Waals surface area contributed by atoms with Crippen LogP contribution in [0.15, 0.2) is 60.8 Å². The van der Waals surface area contributed by atoms with Crippen molar-refractivity contribution < 1.29 is 18.4 Å². The molecule has 0 spiro atoms. The maximum Gasteiger partial charge on any atom is 0.277 e. The molecular formula is C23H22F2N4O2. The average Bonchev–Trinajstić information content (AvgIpc) is 3.47. The van der Waals surface area contributed by atoms with Gasteiger partial charge in [-0.15, -0.1) is 0 Å². The molecule has 4 rings (SSSR count). The lowest BCUT2D eigenvalue weighted by atomic mass is 10.0. The number of amides is 2. The van der Waals surface area contributed by atoms with Crippen LogP contribution in [0, 0.1) is 11.6 Å². The van der Waals surface area contributed by atoms with Crippen molar-refractivity contribution in [3.05, 3.63) is 83.7 Å². The van der Waals surface area contributed by atoms with E-state index in [1.165, 1.54) is 65.7 Å². The Kier molecular flexibility index (Phi) is 6.06. The van der Waals surface area contributed by atoms with Crippen molar-refractivity contribution in [1.29, 1.82) is 0 Å². The highest BCUT2D eigenvalue weighted by molar-refractivity contribution is 6.09. The number of nitrogens with one attached hydrogen (secondary N) is 2. The molecule has 1 aliphatic carbocycles. The number of carbonyl (C=O) groups excluding carboxylic acids is 2. The Balaban J connectivity index is 1.79. The van der Waals surface area contributed by atoms with Crippen LogP contribution in [0.2, 0.25) is 0 Å². The molecule has 8 heteroatoms. The van der Waals surface area contributed by atoms with Crippen LogP contribution >= 0.6 is 0 Å². The fraction of sp³-hybridized carbons (Fsp3) is 0.261. The number of hydrogen-bond donors (Lipinski definition) is 2.